The molecule has 124 valence electrons. The van der Waals surface area contributed by atoms with E-state index in [1.807, 2.05) is 12.1 Å². The number of rotatable bonds is 6. The fourth-order valence-corrected chi connectivity index (χ4v) is 4.60. The van der Waals surface area contributed by atoms with Gasteiger partial charge in [0, 0.05) is 32.0 Å². The van der Waals surface area contributed by atoms with Gasteiger partial charge < -0.3 is 10.3 Å². The van der Waals surface area contributed by atoms with E-state index >= 15 is 0 Å². The van der Waals surface area contributed by atoms with Crippen molar-refractivity contribution < 1.29 is 8.42 Å². The van der Waals surface area contributed by atoms with Gasteiger partial charge >= 0.3 is 0 Å². The van der Waals surface area contributed by atoms with Crippen LogP contribution in [0.2, 0.25) is 0 Å². The molecule has 1 fully saturated rings. The molecule has 7 heteroatoms. The predicted molar refractivity (Wildman–Crippen MR) is 88.2 cm³/mol. The van der Waals surface area contributed by atoms with Crippen molar-refractivity contribution in [3.05, 3.63) is 48.0 Å². The lowest BCUT2D eigenvalue weighted by atomic mass is 10.2. The topological polar surface area (TPSA) is 78.1 Å². The summed E-state index contributed by atoms with van der Waals surface area (Å²) >= 11 is 0. The molecule has 1 aliphatic rings. The number of nitrogens with zero attached hydrogens (tertiary/aromatic N) is 2. The molecule has 23 heavy (non-hydrogen) atoms. The Hall–Kier alpha value is -1.70. The van der Waals surface area contributed by atoms with Gasteiger partial charge in [-0.05, 0) is 24.5 Å². The van der Waals surface area contributed by atoms with Crippen molar-refractivity contribution in [3.63, 3.8) is 0 Å². The average Bonchev–Trinajstić information content (AvgIpc) is 3.09. The molecule has 0 spiro atoms. The maximum atomic E-state index is 12.9. The van der Waals surface area contributed by atoms with Crippen LogP contribution in [0.15, 0.2) is 41.6 Å². The SMILES string of the molecule is O=S(=O)(c1ccccc1CNCc1ncc[nH]1)N1CCCCC1. The zero-order valence-electron chi connectivity index (χ0n) is 13.0. The summed E-state index contributed by atoms with van der Waals surface area (Å²) in [7, 11) is -3.41. The van der Waals surface area contributed by atoms with Crippen LogP contribution >= 0.6 is 0 Å². The summed E-state index contributed by atoms with van der Waals surface area (Å²) in [6, 6.07) is 7.23. The third kappa shape index (κ3) is 3.80. The summed E-state index contributed by atoms with van der Waals surface area (Å²) in [5.41, 5.74) is 0.796. The highest BCUT2D eigenvalue weighted by Gasteiger charge is 2.27. The molecule has 2 N–H and O–H groups in total. The molecule has 0 amide bonds. The van der Waals surface area contributed by atoms with E-state index in [1.54, 1.807) is 28.8 Å². The van der Waals surface area contributed by atoms with Gasteiger partial charge in [-0.2, -0.15) is 4.31 Å². The zero-order chi connectivity index (χ0) is 16.1. The Morgan fingerprint density at radius 1 is 1.13 bits per heavy atom. The summed E-state index contributed by atoms with van der Waals surface area (Å²) < 4.78 is 27.4. The first-order valence-corrected chi connectivity index (χ1v) is 9.39. The van der Waals surface area contributed by atoms with Gasteiger partial charge in [-0.15, -0.1) is 0 Å². The van der Waals surface area contributed by atoms with E-state index < -0.39 is 10.0 Å². The van der Waals surface area contributed by atoms with Gasteiger partial charge in [0.25, 0.3) is 0 Å². The number of nitrogens with one attached hydrogen (secondary N) is 2. The first kappa shape index (κ1) is 16.2. The standard InChI is InChI=1S/C16H22N4O2S/c21-23(22,20-10-4-1-5-11-20)15-7-3-2-6-14(15)12-17-13-16-18-8-9-19-16/h2-3,6-9,17H,1,4-5,10-13H2,(H,18,19). The molecule has 1 aromatic heterocycles. The van der Waals surface area contributed by atoms with Crippen molar-refractivity contribution >= 4 is 10.0 Å². The van der Waals surface area contributed by atoms with Crippen molar-refractivity contribution in [1.82, 2.24) is 19.6 Å². The van der Waals surface area contributed by atoms with Crippen LogP contribution in [-0.4, -0.2) is 35.8 Å². The second-order valence-electron chi connectivity index (χ2n) is 5.71. The molecule has 0 unspecified atom stereocenters. The molecular weight excluding hydrogens is 312 g/mol. The first-order chi connectivity index (χ1) is 11.2. The third-order valence-electron chi connectivity index (χ3n) is 4.07. The van der Waals surface area contributed by atoms with E-state index in [0.717, 1.165) is 30.7 Å². The van der Waals surface area contributed by atoms with E-state index in [2.05, 4.69) is 15.3 Å². The Kier molecular flexibility index (Phi) is 5.09. The van der Waals surface area contributed by atoms with Crippen LogP contribution in [0.4, 0.5) is 0 Å². The lowest BCUT2D eigenvalue weighted by Gasteiger charge is -2.26. The largest absolute Gasteiger partial charge is 0.348 e. The number of imidazole rings is 1. The Morgan fingerprint density at radius 3 is 2.65 bits per heavy atom. The number of hydrogen-bond donors (Lipinski definition) is 2. The van der Waals surface area contributed by atoms with Crippen molar-refractivity contribution in [2.24, 2.45) is 0 Å². The Bertz CT molecular complexity index is 722. The third-order valence-corrected chi connectivity index (χ3v) is 6.07. The molecule has 0 bridgehead atoms. The summed E-state index contributed by atoms with van der Waals surface area (Å²) in [6.45, 7) is 2.31. The molecule has 2 aromatic rings. The minimum absolute atomic E-state index is 0.411. The number of piperidine rings is 1. The van der Waals surface area contributed by atoms with E-state index in [4.69, 9.17) is 0 Å². The normalized spacial score (nSPS) is 16.5. The highest BCUT2D eigenvalue weighted by atomic mass is 32.2. The quantitative estimate of drug-likeness (QED) is 0.845. The average molecular weight is 334 g/mol. The van der Waals surface area contributed by atoms with E-state index in [0.29, 0.717) is 31.1 Å². The van der Waals surface area contributed by atoms with Crippen LogP contribution in [0.5, 0.6) is 0 Å². The molecule has 6 nitrogen and oxygen atoms in total. The second-order valence-corrected chi connectivity index (χ2v) is 7.62. The molecule has 2 heterocycles. The zero-order valence-corrected chi connectivity index (χ0v) is 13.8. The van der Waals surface area contributed by atoms with E-state index in [9.17, 15) is 8.42 Å². The minimum atomic E-state index is -3.41. The fraction of sp³-hybridized carbons (Fsp3) is 0.438. The van der Waals surface area contributed by atoms with Crippen molar-refractivity contribution in [2.75, 3.05) is 13.1 Å². The summed E-state index contributed by atoms with van der Waals surface area (Å²) in [5.74, 6) is 0.835. The number of hydrogen-bond acceptors (Lipinski definition) is 4. The second kappa shape index (κ2) is 7.25. The van der Waals surface area contributed by atoms with Crippen molar-refractivity contribution in [1.29, 1.82) is 0 Å². The molecule has 1 aromatic carbocycles. The van der Waals surface area contributed by atoms with Gasteiger partial charge in [0.15, 0.2) is 0 Å². The number of aromatic nitrogens is 2. The van der Waals surface area contributed by atoms with Gasteiger partial charge in [-0.1, -0.05) is 24.6 Å². The molecule has 1 aliphatic heterocycles. The number of benzene rings is 1. The highest BCUT2D eigenvalue weighted by molar-refractivity contribution is 7.89. The maximum absolute atomic E-state index is 12.9. The first-order valence-electron chi connectivity index (χ1n) is 7.95. The van der Waals surface area contributed by atoms with E-state index in [1.165, 1.54) is 0 Å². The smallest absolute Gasteiger partial charge is 0.243 e. The Balaban J connectivity index is 1.74. The van der Waals surface area contributed by atoms with Gasteiger partial charge in [-0.25, -0.2) is 13.4 Å². The van der Waals surface area contributed by atoms with Crippen LogP contribution in [-0.2, 0) is 23.1 Å². The van der Waals surface area contributed by atoms with Crippen molar-refractivity contribution in [2.45, 2.75) is 37.2 Å². The molecular formula is C16H22N4O2S. The summed E-state index contributed by atoms with van der Waals surface area (Å²) in [5, 5.41) is 3.24. The summed E-state index contributed by atoms with van der Waals surface area (Å²) in [6.07, 6.45) is 6.46. The minimum Gasteiger partial charge on any atom is -0.348 e. The molecule has 0 radical (unpaired) electrons. The number of aromatic amines is 1. The molecule has 0 atom stereocenters. The number of sulfonamides is 1. The lowest BCUT2D eigenvalue weighted by molar-refractivity contribution is 0.346. The maximum Gasteiger partial charge on any atom is 0.243 e. The van der Waals surface area contributed by atoms with Crippen LogP contribution in [0.3, 0.4) is 0 Å². The number of H-pyrrole nitrogens is 1. The Morgan fingerprint density at radius 2 is 1.91 bits per heavy atom. The Labute approximate surface area is 137 Å². The molecule has 3 rings (SSSR count). The van der Waals surface area contributed by atoms with E-state index in [-0.39, 0.29) is 0 Å². The van der Waals surface area contributed by atoms with Gasteiger partial charge in [0.05, 0.1) is 11.4 Å². The summed E-state index contributed by atoms with van der Waals surface area (Å²) in [4.78, 5) is 7.58. The molecule has 0 saturated carbocycles. The fourth-order valence-electron chi connectivity index (χ4n) is 2.86. The van der Waals surface area contributed by atoms with Crippen molar-refractivity contribution in [3.8, 4) is 0 Å². The predicted octanol–water partition coefficient (Wildman–Crippen LogP) is 1.87. The molecule has 1 saturated heterocycles. The van der Waals surface area contributed by atoms with Crippen LogP contribution in [0.25, 0.3) is 0 Å². The van der Waals surface area contributed by atoms with Crippen LogP contribution in [0, 0.1) is 0 Å². The van der Waals surface area contributed by atoms with Crippen LogP contribution < -0.4 is 5.32 Å². The lowest BCUT2D eigenvalue weighted by Crippen LogP contribution is -2.36. The van der Waals surface area contributed by atoms with Crippen LogP contribution in [0.1, 0.15) is 30.7 Å². The van der Waals surface area contributed by atoms with Gasteiger partial charge in [0.2, 0.25) is 10.0 Å². The monoisotopic (exact) mass is 334 g/mol. The van der Waals surface area contributed by atoms with Gasteiger partial charge in [0.1, 0.15) is 5.82 Å². The van der Waals surface area contributed by atoms with Gasteiger partial charge in [-0.3, -0.25) is 0 Å². The molecule has 0 aliphatic carbocycles. The highest BCUT2D eigenvalue weighted by Crippen LogP contribution is 2.23.